The zero-order chi connectivity index (χ0) is 23.5. The number of ether oxygens (including phenoxy) is 1. The van der Waals surface area contributed by atoms with Gasteiger partial charge in [0.15, 0.2) is 0 Å². The van der Waals surface area contributed by atoms with E-state index in [1.165, 1.54) is 13.8 Å². The lowest BCUT2D eigenvalue weighted by atomic mass is 10.0. The predicted octanol–water partition coefficient (Wildman–Crippen LogP) is 1.02. The Balaban J connectivity index is 1.96. The molecule has 0 bridgehead atoms. The van der Waals surface area contributed by atoms with Crippen LogP contribution < -0.4 is 21.7 Å². The first-order chi connectivity index (χ1) is 15.3. The SMILES string of the molecule is C[C@H](NC(=O)[C@H](Cc1ccccc1)NC(=O)[C@H](C)NC(=O)OCc1ccccc1)C(N)=O. The monoisotopic (exact) mass is 440 g/mol. The molecule has 4 amide bonds. The van der Waals surface area contributed by atoms with Gasteiger partial charge in [-0.15, -0.1) is 0 Å². The van der Waals surface area contributed by atoms with Gasteiger partial charge < -0.3 is 26.4 Å². The third kappa shape index (κ3) is 8.10. The number of hydrogen-bond donors (Lipinski definition) is 4. The highest BCUT2D eigenvalue weighted by molar-refractivity contribution is 5.93. The first-order valence-corrected chi connectivity index (χ1v) is 10.2. The van der Waals surface area contributed by atoms with Gasteiger partial charge in [-0.2, -0.15) is 0 Å². The van der Waals surface area contributed by atoms with E-state index in [4.69, 9.17) is 10.5 Å². The fourth-order valence-corrected chi connectivity index (χ4v) is 2.75. The van der Waals surface area contributed by atoms with E-state index in [1.807, 2.05) is 60.7 Å². The van der Waals surface area contributed by atoms with Crippen LogP contribution in [0.3, 0.4) is 0 Å². The molecule has 0 aliphatic carbocycles. The summed E-state index contributed by atoms with van der Waals surface area (Å²) in [5.74, 6) is -1.84. The molecule has 0 radical (unpaired) electrons. The maximum atomic E-state index is 12.7. The Hall–Kier alpha value is -3.88. The molecule has 9 nitrogen and oxygen atoms in total. The average Bonchev–Trinajstić information content (AvgIpc) is 2.78. The molecule has 0 saturated carbocycles. The van der Waals surface area contributed by atoms with Gasteiger partial charge in [-0.05, 0) is 25.0 Å². The van der Waals surface area contributed by atoms with Crippen LogP contribution in [0.25, 0.3) is 0 Å². The van der Waals surface area contributed by atoms with Crippen molar-refractivity contribution in [3.8, 4) is 0 Å². The molecule has 0 aliphatic rings. The van der Waals surface area contributed by atoms with Crippen molar-refractivity contribution in [2.24, 2.45) is 5.73 Å². The number of carbonyl (C=O) groups is 4. The number of nitrogens with one attached hydrogen (secondary N) is 3. The second kappa shape index (κ2) is 12.1. The van der Waals surface area contributed by atoms with Crippen LogP contribution in [0.2, 0.25) is 0 Å². The molecular formula is C23H28N4O5. The minimum atomic E-state index is -0.976. The van der Waals surface area contributed by atoms with Crippen LogP contribution in [-0.2, 0) is 32.1 Å². The Kier molecular flexibility index (Phi) is 9.22. The lowest BCUT2D eigenvalue weighted by Crippen LogP contribution is -2.56. The molecule has 3 atom stereocenters. The molecule has 0 unspecified atom stereocenters. The number of hydrogen-bond acceptors (Lipinski definition) is 5. The number of primary amides is 1. The quantitative estimate of drug-likeness (QED) is 0.437. The molecule has 2 aromatic rings. The highest BCUT2D eigenvalue weighted by Gasteiger charge is 2.26. The number of carbonyl (C=O) groups excluding carboxylic acids is 4. The third-order valence-electron chi connectivity index (χ3n) is 4.64. The van der Waals surface area contributed by atoms with Gasteiger partial charge in [0, 0.05) is 6.42 Å². The van der Waals surface area contributed by atoms with Crippen LogP contribution in [-0.4, -0.2) is 41.9 Å². The van der Waals surface area contributed by atoms with E-state index in [9.17, 15) is 19.2 Å². The molecule has 0 saturated heterocycles. The van der Waals surface area contributed by atoms with Gasteiger partial charge in [-0.25, -0.2) is 4.79 Å². The molecule has 32 heavy (non-hydrogen) atoms. The van der Waals surface area contributed by atoms with Gasteiger partial charge >= 0.3 is 6.09 Å². The van der Waals surface area contributed by atoms with Gasteiger partial charge in [0.25, 0.3) is 0 Å². The molecule has 0 fully saturated rings. The van der Waals surface area contributed by atoms with E-state index >= 15 is 0 Å². The molecule has 0 heterocycles. The molecule has 170 valence electrons. The Morgan fingerprint density at radius 2 is 1.34 bits per heavy atom. The first-order valence-electron chi connectivity index (χ1n) is 10.2. The average molecular weight is 441 g/mol. The number of nitrogens with two attached hydrogens (primary N) is 1. The molecule has 5 N–H and O–H groups in total. The van der Waals surface area contributed by atoms with Gasteiger partial charge in [0.1, 0.15) is 24.7 Å². The standard InChI is InChI=1S/C23H28N4O5/c1-15(20(24)28)25-22(30)19(13-17-9-5-3-6-10-17)27-21(29)16(2)26-23(31)32-14-18-11-7-4-8-12-18/h3-12,15-16,19H,13-14H2,1-2H3,(H2,24,28)(H,25,30)(H,26,31)(H,27,29)/t15-,16-,19-/m0/s1. The van der Waals surface area contributed by atoms with E-state index in [0.29, 0.717) is 0 Å². The van der Waals surface area contributed by atoms with Crippen molar-refractivity contribution >= 4 is 23.8 Å². The van der Waals surface area contributed by atoms with Crippen molar-refractivity contribution in [1.82, 2.24) is 16.0 Å². The smallest absolute Gasteiger partial charge is 0.408 e. The Morgan fingerprint density at radius 3 is 1.91 bits per heavy atom. The fourth-order valence-electron chi connectivity index (χ4n) is 2.75. The third-order valence-corrected chi connectivity index (χ3v) is 4.64. The lowest BCUT2D eigenvalue weighted by molar-refractivity contribution is -0.131. The molecule has 9 heteroatoms. The van der Waals surface area contributed by atoms with Crippen LogP contribution in [0, 0.1) is 0 Å². The maximum absolute atomic E-state index is 12.7. The minimum absolute atomic E-state index is 0.0606. The van der Waals surface area contributed by atoms with Crippen LogP contribution in [0.15, 0.2) is 60.7 Å². The highest BCUT2D eigenvalue weighted by atomic mass is 16.5. The Bertz CT molecular complexity index is 920. The molecule has 0 aromatic heterocycles. The number of benzene rings is 2. The number of rotatable bonds is 10. The Morgan fingerprint density at radius 1 is 0.781 bits per heavy atom. The summed E-state index contributed by atoms with van der Waals surface area (Å²) in [4.78, 5) is 48.6. The normalized spacial score (nSPS) is 13.2. The second-order valence-electron chi connectivity index (χ2n) is 7.31. The van der Waals surface area contributed by atoms with Crippen molar-refractivity contribution in [3.05, 3.63) is 71.8 Å². The van der Waals surface area contributed by atoms with E-state index in [0.717, 1.165) is 11.1 Å². The van der Waals surface area contributed by atoms with E-state index in [2.05, 4.69) is 16.0 Å². The minimum Gasteiger partial charge on any atom is -0.445 e. The Labute approximate surface area is 186 Å². The fraction of sp³-hybridized carbons (Fsp3) is 0.304. The van der Waals surface area contributed by atoms with Crippen LogP contribution >= 0.6 is 0 Å². The van der Waals surface area contributed by atoms with Crippen LogP contribution in [0.1, 0.15) is 25.0 Å². The van der Waals surface area contributed by atoms with Crippen molar-refractivity contribution in [1.29, 1.82) is 0 Å². The van der Waals surface area contributed by atoms with Gasteiger partial charge in [-0.1, -0.05) is 60.7 Å². The second-order valence-corrected chi connectivity index (χ2v) is 7.31. The van der Waals surface area contributed by atoms with Crippen molar-refractivity contribution < 1.29 is 23.9 Å². The number of alkyl carbamates (subject to hydrolysis) is 1. The molecule has 0 spiro atoms. The molecule has 0 aliphatic heterocycles. The highest BCUT2D eigenvalue weighted by Crippen LogP contribution is 2.05. The largest absolute Gasteiger partial charge is 0.445 e. The predicted molar refractivity (Wildman–Crippen MR) is 118 cm³/mol. The van der Waals surface area contributed by atoms with Crippen LogP contribution in [0.4, 0.5) is 4.79 Å². The van der Waals surface area contributed by atoms with Gasteiger partial charge in [0.05, 0.1) is 0 Å². The molecule has 2 rings (SSSR count). The van der Waals surface area contributed by atoms with Gasteiger partial charge in [0.2, 0.25) is 17.7 Å². The summed E-state index contributed by atoms with van der Waals surface area (Å²) in [5.41, 5.74) is 6.83. The van der Waals surface area contributed by atoms with Crippen LogP contribution in [0.5, 0.6) is 0 Å². The summed E-state index contributed by atoms with van der Waals surface area (Å²) in [6.45, 7) is 2.99. The van der Waals surface area contributed by atoms with Gasteiger partial charge in [-0.3, -0.25) is 14.4 Å². The maximum Gasteiger partial charge on any atom is 0.408 e. The van der Waals surface area contributed by atoms with E-state index < -0.39 is 41.9 Å². The van der Waals surface area contributed by atoms with Crippen molar-refractivity contribution in [2.75, 3.05) is 0 Å². The molecule has 2 aromatic carbocycles. The topological polar surface area (TPSA) is 140 Å². The first kappa shape index (κ1) is 24.4. The van der Waals surface area contributed by atoms with E-state index in [-0.39, 0.29) is 13.0 Å². The zero-order valence-electron chi connectivity index (χ0n) is 18.0. The summed E-state index contributed by atoms with van der Waals surface area (Å²) in [5, 5.41) is 7.54. The van der Waals surface area contributed by atoms with E-state index in [1.54, 1.807) is 0 Å². The van der Waals surface area contributed by atoms with Crippen molar-refractivity contribution in [2.45, 2.75) is 45.0 Å². The summed E-state index contributed by atoms with van der Waals surface area (Å²) in [7, 11) is 0. The lowest BCUT2D eigenvalue weighted by Gasteiger charge is -2.22. The summed E-state index contributed by atoms with van der Waals surface area (Å²) in [6, 6.07) is 15.4. The number of amides is 4. The van der Waals surface area contributed by atoms with Crippen molar-refractivity contribution in [3.63, 3.8) is 0 Å². The summed E-state index contributed by atoms with van der Waals surface area (Å²) < 4.78 is 5.12. The molecular weight excluding hydrogens is 412 g/mol. The summed E-state index contributed by atoms with van der Waals surface area (Å²) in [6.07, 6.45) is -0.572. The summed E-state index contributed by atoms with van der Waals surface area (Å²) >= 11 is 0. The zero-order valence-corrected chi connectivity index (χ0v) is 18.0.